The molecule has 2 aliphatic heterocycles. The molecule has 0 radical (unpaired) electrons. The van der Waals surface area contributed by atoms with Crippen LogP contribution in [0, 0.1) is 5.92 Å². The maximum absolute atomic E-state index is 13.0. The van der Waals surface area contributed by atoms with Crippen LogP contribution in [0.15, 0.2) is 48.7 Å². The van der Waals surface area contributed by atoms with E-state index in [4.69, 9.17) is 19.7 Å². The predicted octanol–water partition coefficient (Wildman–Crippen LogP) is 3.57. The number of H-pyrrole nitrogens is 1. The first kappa shape index (κ1) is 23.5. The molecule has 37 heavy (non-hydrogen) atoms. The van der Waals surface area contributed by atoms with E-state index in [0.29, 0.717) is 61.9 Å². The van der Waals surface area contributed by atoms with E-state index in [1.807, 2.05) is 42.5 Å². The van der Waals surface area contributed by atoms with Crippen LogP contribution in [0.25, 0.3) is 22.3 Å². The first-order valence-electron chi connectivity index (χ1n) is 12.9. The number of hydrogen-bond acceptors (Lipinski definition) is 9. The second kappa shape index (κ2) is 10.6. The third-order valence-electron chi connectivity index (χ3n) is 7.02. The first-order chi connectivity index (χ1) is 18.2. The number of ketones is 1. The summed E-state index contributed by atoms with van der Waals surface area (Å²) in [5, 5.41) is 14.8. The van der Waals surface area contributed by atoms with E-state index in [-0.39, 0.29) is 5.78 Å². The Labute approximate surface area is 214 Å². The van der Waals surface area contributed by atoms with Crippen molar-refractivity contribution < 1.29 is 9.53 Å². The number of aromatic nitrogens is 5. The average molecular weight is 499 g/mol. The van der Waals surface area contributed by atoms with Crippen LogP contribution in [0.2, 0.25) is 0 Å². The fourth-order valence-corrected chi connectivity index (χ4v) is 4.97. The molecule has 2 aliphatic rings. The number of fused-ring (bicyclic) bond motifs is 1. The molecular formula is C27H30N8O2. The summed E-state index contributed by atoms with van der Waals surface area (Å²) in [6.45, 7) is 4.64. The van der Waals surface area contributed by atoms with Gasteiger partial charge < -0.3 is 20.3 Å². The summed E-state index contributed by atoms with van der Waals surface area (Å²) in [6, 6.07) is 13.5. The average Bonchev–Trinajstić information content (AvgIpc) is 3.43. The minimum Gasteiger partial charge on any atom is -0.378 e. The summed E-state index contributed by atoms with van der Waals surface area (Å²) in [5.74, 6) is 2.19. The summed E-state index contributed by atoms with van der Waals surface area (Å²) in [6.07, 6.45) is 4.46. The van der Waals surface area contributed by atoms with Gasteiger partial charge in [0, 0.05) is 41.7 Å². The van der Waals surface area contributed by atoms with E-state index in [1.165, 1.54) is 0 Å². The number of carbonyl (C=O) groups is 1. The van der Waals surface area contributed by atoms with Gasteiger partial charge in [-0.15, -0.1) is 0 Å². The Morgan fingerprint density at radius 1 is 1.05 bits per heavy atom. The topological polar surface area (TPSA) is 121 Å². The third-order valence-corrected chi connectivity index (χ3v) is 7.02. The van der Waals surface area contributed by atoms with Crippen molar-refractivity contribution in [2.45, 2.75) is 19.3 Å². The van der Waals surface area contributed by atoms with Gasteiger partial charge in [-0.25, -0.2) is 0 Å². The van der Waals surface area contributed by atoms with Gasteiger partial charge in [0.25, 0.3) is 0 Å². The lowest BCUT2D eigenvalue weighted by molar-refractivity contribution is 0.0952. The van der Waals surface area contributed by atoms with Crippen LogP contribution in [0.3, 0.4) is 0 Å². The van der Waals surface area contributed by atoms with Crippen LogP contribution < -0.4 is 15.5 Å². The van der Waals surface area contributed by atoms with Crippen LogP contribution in [-0.2, 0) is 4.74 Å². The van der Waals surface area contributed by atoms with Crippen LogP contribution in [0.5, 0.6) is 0 Å². The number of morpholine rings is 1. The Morgan fingerprint density at radius 3 is 2.76 bits per heavy atom. The van der Waals surface area contributed by atoms with Gasteiger partial charge in [-0.2, -0.15) is 20.1 Å². The molecule has 0 amide bonds. The number of rotatable bonds is 7. The number of benzene rings is 2. The molecule has 2 fully saturated rings. The number of ether oxygens (including phenoxy) is 1. The zero-order chi connectivity index (χ0) is 25.0. The maximum atomic E-state index is 13.0. The minimum absolute atomic E-state index is 0.174. The molecule has 4 aromatic rings. The SMILES string of the molecule is O=C(CC1CCNCC1)c1cccc(Nc2nc(-c3cccc4[nH]ncc34)nc(N3CCOCC3)n2)c1. The largest absolute Gasteiger partial charge is 0.378 e. The maximum Gasteiger partial charge on any atom is 0.232 e. The highest BCUT2D eigenvalue weighted by Crippen LogP contribution is 2.28. The summed E-state index contributed by atoms with van der Waals surface area (Å²) in [4.78, 5) is 29.4. The second-order valence-electron chi connectivity index (χ2n) is 9.55. The van der Waals surface area contributed by atoms with Crippen LogP contribution in [0.4, 0.5) is 17.6 Å². The summed E-state index contributed by atoms with van der Waals surface area (Å²) < 4.78 is 5.52. The Hall–Kier alpha value is -3.89. The number of nitrogens with zero attached hydrogens (tertiary/aromatic N) is 5. The lowest BCUT2D eigenvalue weighted by atomic mass is 9.90. The molecule has 10 nitrogen and oxygen atoms in total. The molecule has 6 rings (SSSR count). The number of Topliss-reactive ketones (excluding diaryl/α,β-unsaturated/α-hetero) is 1. The molecule has 4 heterocycles. The van der Waals surface area contributed by atoms with Crippen molar-refractivity contribution in [1.29, 1.82) is 0 Å². The molecule has 0 saturated carbocycles. The molecule has 0 bridgehead atoms. The summed E-state index contributed by atoms with van der Waals surface area (Å²) in [7, 11) is 0. The van der Waals surface area contributed by atoms with Crippen molar-refractivity contribution in [3.8, 4) is 11.4 Å². The lowest BCUT2D eigenvalue weighted by Crippen LogP contribution is -2.37. The third kappa shape index (κ3) is 5.30. The van der Waals surface area contributed by atoms with Gasteiger partial charge in [0.1, 0.15) is 0 Å². The summed E-state index contributed by atoms with van der Waals surface area (Å²) >= 11 is 0. The van der Waals surface area contributed by atoms with E-state index < -0.39 is 0 Å². The smallest absolute Gasteiger partial charge is 0.232 e. The lowest BCUT2D eigenvalue weighted by Gasteiger charge is -2.27. The van der Waals surface area contributed by atoms with Crippen molar-refractivity contribution in [3.63, 3.8) is 0 Å². The van der Waals surface area contributed by atoms with E-state index >= 15 is 0 Å². The molecule has 0 spiro atoms. The Morgan fingerprint density at radius 2 is 1.89 bits per heavy atom. The monoisotopic (exact) mass is 498 g/mol. The highest BCUT2D eigenvalue weighted by Gasteiger charge is 2.20. The first-order valence-corrected chi connectivity index (χ1v) is 12.9. The number of aromatic amines is 1. The highest BCUT2D eigenvalue weighted by molar-refractivity contribution is 5.97. The molecule has 190 valence electrons. The van der Waals surface area contributed by atoms with Crippen LogP contribution >= 0.6 is 0 Å². The molecule has 2 saturated heterocycles. The molecule has 2 aromatic heterocycles. The van der Waals surface area contributed by atoms with Crippen molar-refractivity contribution in [2.24, 2.45) is 5.92 Å². The molecule has 0 unspecified atom stereocenters. The van der Waals surface area contributed by atoms with Crippen molar-refractivity contribution in [3.05, 3.63) is 54.2 Å². The second-order valence-corrected chi connectivity index (χ2v) is 9.55. The van der Waals surface area contributed by atoms with E-state index in [1.54, 1.807) is 6.20 Å². The van der Waals surface area contributed by atoms with Crippen LogP contribution in [-0.4, -0.2) is 70.3 Å². The van der Waals surface area contributed by atoms with Crippen molar-refractivity contribution >= 4 is 34.3 Å². The van der Waals surface area contributed by atoms with Crippen LogP contribution in [0.1, 0.15) is 29.6 Å². The quantitative estimate of drug-likeness (QED) is 0.328. The Bertz CT molecular complexity index is 1390. The molecule has 10 heteroatoms. The van der Waals surface area contributed by atoms with Crippen molar-refractivity contribution in [2.75, 3.05) is 49.6 Å². The van der Waals surface area contributed by atoms with Gasteiger partial charge in [0.15, 0.2) is 11.6 Å². The minimum atomic E-state index is 0.174. The molecular weight excluding hydrogens is 468 g/mol. The fourth-order valence-electron chi connectivity index (χ4n) is 4.97. The highest BCUT2D eigenvalue weighted by atomic mass is 16.5. The Balaban J connectivity index is 1.30. The molecule has 0 aliphatic carbocycles. The number of carbonyl (C=O) groups excluding carboxylic acids is 1. The molecule has 2 aromatic carbocycles. The summed E-state index contributed by atoms with van der Waals surface area (Å²) in [5.41, 5.74) is 3.26. The van der Waals surface area contributed by atoms with Gasteiger partial charge in [-0.3, -0.25) is 9.89 Å². The normalized spacial score (nSPS) is 16.7. The predicted molar refractivity (Wildman–Crippen MR) is 142 cm³/mol. The van der Waals surface area contributed by atoms with E-state index in [2.05, 4.69) is 25.7 Å². The number of piperidine rings is 1. The number of anilines is 3. The van der Waals surface area contributed by atoms with Crippen molar-refractivity contribution in [1.82, 2.24) is 30.5 Å². The zero-order valence-electron chi connectivity index (χ0n) is 20.6. The van der Waals surface area contributed by atoms with Gasteiger partial charge >= 0.3 is 0 Å². The van der Waals surface area contributed by atoms with E-state index in [0.717, 1.165) is 48.1 Å². The Kier molecular flexibility index (Phi) is 6.74. The van der Waals surface area contributed by atoms with Gasteiger partial charge in [-0.1, -0.05) is 24.3 Å². The van der Waals surface area contributed by atoms with Gasteiger partial charge in [0.2, 0.25) is 11.9 Å². The zero-order valence-corrected chi connectivity index (χ0v) is 20.6. The standard InChI is InChI=1S/C27H30N8O2/c36-24(15-18-7-9-28-10-8-18)19-3-1-4-20(16-19)30-26-31-25(21-5-2-6-23-22(21)17-29-34-23)32-27(33-26)35-11-13-37-14-12-35/h1-6,16-18,28H,7-15H2,(H,29,34)(H,30,31,32,33). The van der Waals surface area contributed by atoms with E-state index in [9.17, 15) is 4.79 Å². The molecule has 3 N–H and O–H groups in total. The fraction of sp³-hybridized carbons (Fsp3) is 0.370. The molecule has 0 atom stereocenters. The number of hydrogen-bond donors (Lipinski definition) is 3. The number of nitrogens with one attached hydrogen (secondary N) is 3. The van der Waals surface area contributed by atoms with Gasteiger partial charge in [-0.05, 0) is 50.0 Å². The van der Waals surface area contributed by atoms with Gasteiger partial charge in [0.05, 0.1) is 24.9 Å².